The third kappa shape index (κ3) is 4.00. The zero-order valence-electron chi connectivity index (χ0n) is 12.9. The number of hydrogen-bond acceptors (Lipinski definition) is 4. The minimum absolute atomic E-state index is 0.0703. The van der Waals surface area contributed by atoms with Gasteiger partial charge in [-0.15, -0.1) is 0 Å². The van der Waals surface area contributed by atoms with Crippen molar-refractivity contribution in [1.82, 2.24) is 5.32 Å². The summed E-state index contributed by atoms with van der Waals surface area (Å²) in [7, 11) is 1.31. The van der Waals surface area contributed by atoms with Crippen LogP contribution in [-0.4, -0.2) is 30.6 Å². The van der Waals surface area contributed by atoms with Crippen LogP contribution < -0.4 is 15.4 Å². The van der Waals surface area contributed by atoms with Gasteiger partial charge in [-0.05, 0) is 24.3 Å². The molecule has 0 saturated heterocycles. The molecule has 0 radical (unpaired) electrons. The number of ether oxygens (including phenoxy) is 1. The van der Waals surface area contributed by atoms with E-state index in [0.29, 0.717) is 6.07 Å². The molecule has 0 unspecified atom stereocenters. The van der Waals surface area contributed by atoms with Crippen molar-refractivity contribution in [2.45, 2.75) is 0 Å². The molecule has 2 aromatic rings. The van der Waals surface area contributed by atoms with Crippen molar-refractivity contribution in [3.05, 3.63) is 53.3 Å². The van der Waals surface area contributed by atoms with Crippen LogP contribution in [0.1, 0.15) is 10.4 Å². The molecular weight excluding hydrogens is 341 g/mol. The van der Waals surface area contributed by atoms with Crippen molar-refractivity contribution < 1.29 is 32.6 Å². The highest BCUT2D eigenvalue weighted by Crippen LogP contribution is 2.29. The summed E-state index contributed by atoms with van der Waals surface area (Å²) in [5.41, 5.74) is -0.700. The molecule has 0 spiro atoms. The number of hydrogen-bond donors (Lipinski definition) is 3. The van der Waals surface area contributed by atoms with E-state index in [0.717, 1.165) is 6.07 Å². The van der Waals surface area contributed by atoms with Gasteiger partial charge in [0.2, 0.25) is 5.91 Å². The molecule has 25 heavy (non-hydrogen) atoms. The number of amides is 2. The quantitative estimate of drug-likeness (QED) is 0.719. The molecule has 0 aliphatic rings. The molecule has 0 fully saturated rings. The number of phenolic OH excluding ortho intramolecular Hbond substituents is 1. The fourth-order valence-corrected chi connectivity index (χ4v) is 1.94. The Balaban J connectivity index is 2.01. The average Bonchev–Trinajstić information content (AvgIpc) is 2.60. The average molecular weight is 354 g/mol. The molecule has 0 aromatic heterocycles. The highest BCUT2D eigenvalue weighted by atomic mass is 19.2. The summed E-state index contributed by atoms with van der Waals surface area (Å²) in [6.07, 6.45) is 0. The van der Waals surface area contributed by atoms with Crippen molar-refractivity contribution in [2.75, 3.05) is 19.0 Å². The van der Waals surface area contributed by atoms with Gasteiger partial charge in [0.1, 0.15) is 0 Å². The number of aromatic hydroxyl groups is 1. The lowest BCUT2D eigenvalue weighted by atomic mass is 10.1. The second kappa shape index (κ2) is 7.56. The minimum Gasteiger partial charge on any atom is -0.504 e. The van der Waals surface area contributed by atoms with Gasteiger partial charge in [-0.3, -0.25) is 9.59 Å². The first-order valence-electron chi connectivity index (χ1n) is 6.92. The number of carbonyl (C=O) groups excluding carboxylic acids is 2. The molecule has 2 aromatic carbocycles. The molecule has 0 heterocycles. The minimum atomic E-state index is -1.72. The van der Waals surface area contributed by atoms with Crippen molar-refractivity contribution in [3.63, 3.8) is 0 Å². The van der Waals surface area contributed by atoms with E-state index >= 15 is 0 Å². The Labute approximate surface area is 140 Å². The van der Waals surface area contributed by atoms with Gasteiger partial charge in [0.25, 0.3) is 5.91 Å². The molecule has 132 valence electrons. The SMILES string of the molecule is COc1cccc(C(=O)NCC(=O)Nc2ccc(F)c(F)c2F)c1O. The molecular formula is C16H13F3N2O4. The summed E-state index contributed by atoms with van der Waals surface area (Å²) in [5, 5.41) is 14.0. The maximum atomic E-state index is 13.5. The van der Waals surface area contributed by atoms with Crippen LogP contribution in [0.4, 0.5) is 18.9 Å². The van der Waals surface area contributed by atoms with Gasteiger partial charge in [-0.1, -0.05) is 6.07 Å². The number of halogens is 3. The molecule has 6 nitrogen and oxygen atoms in total. The summed E-state index contributed by atoms with van der Waals surface area (Å²) in [6, 6.07) is 5.71. The number of para-hydroxylation sites is 1. The number of carbonyl (C=O) groups is 2. The lowest BCUT2D eigenvalue weighted by molar-refractivity contribution is -0.115. The summed E-state index contributed by atoms with van der Waals surface area (Å²) >= 11 is 0. The van der Waals surface area contributed by atoms with Gasteiger partial charge in [0.05, 0.1) is 24.9 Å². The van der Waals surface area contributed by atoms with Crippen molar-refractivity contribution in [2.24, 2.45) is 0 Å². The topological polar surface area (TPSA) is 87.7 Å². The van der Waals surface area contributed by atoms with Crippen LogP contribution in [-0.2, 0) is 4.79 Å². The molecule has 0 bridgehead atoms. The van der Waals surface area contributed by atoms with E-state index in [1.807, 2.05) is 5.32 Å². The summed E-state index contributed by atoms with van der Waals surface area (Å²) in [5.74, 6) is -6.65. The molecule has 2 amide bonds. The number of anilines is 1. The molecule has 0 aliphatic heterocycles. The van der Waals surface area contributed by atoms with Gasteiger partial charge in [0.15, 0.2) is 29.0 Å². The monoisotopic (exact) mass is 354 g/mol. The molecule has 2 rings (SSSR count). The van der Waals surface area contributed by atoms with Crippen LogP contribution in [0.2, 0.25) is 0 Å². The number of benzene rings is 2. The maximum absolute atomic E-state index is 13.5. The van der Waals surface area contributed by atoms with E-state index < -0.39 is 47.2 Å². The second-order valence-electron chi connectivity index (χ2n) is 4.81. The van der Waals surface area contributed by atoms with Crippen molar-refractivity contribution in [3.8, 4) is 11.5 Å². The summed E-state index contributed by atoms with van der Waals surface area (Å²) in [4.78, 5) is 23.7. The number of nitrogens with one attached hydrogen (secondary N) is 2. The van der Waals surface area contributed by atoms with E-state index in [2.05, 4.69) is 5.32 Å². The molecule has 0 atom stereocenters. The predicted octanol–water partition coefficient (Wildman–Crippen LogP) is 2.19. The van der Waals surface area contributed by atoms with Gasteiger partial charge in [-0.25, -0.2) is 13.2 Å². The van der Waals surface area contributed by atoms with E-state index in [1.54, 1.807) is 0 Å². The Morgan fingerprint density at radius 2 is 1.84 bits per heavy atom. The molecule has 0 saturated carbocycles. The standard InChI is InChI=1S/C16H13F3N2O4/c1-25-11-4-2-3-8(15(11)23)16(24)20-7-12(22)21-10-6-5-9(17)13(18)14(10)19/h2-6,23H,7H2,1H3,(H,20,24)(H,21,22). The first-order chi connectivity index (χ1) is 11.8. The molecule has 3 N–H and O–H groups in total. The molecule has 9 heteroatoms. The maximum Gasteiger partial charge on any atom is 0.255 e. The number of phenols is 1. The Bertz CT molecular complexity index is 827. The Hall–Kier alpha value is -3.23. The van der Waals surface area contributed by atoms with E-state index in [4.69, 9.17) is 4.74 Å². The van der Waals surface area contributed by atoms with Gasteiger partial charge in [0, 0.05) is 0 Å². The van der Waals surface area contributed by atoms with Crippen LogP contribution in [0.5, 0.6) is 11.5 Å². The van der Waals surface area contributed by atoms with Crippen LogP contribution >= 0.6 is 0 Å². The molecule has 0 aliphatic carbocycles. The first kappa shape index (κ1) is 18.1. The number of methoxy groups -OCH3 is 1. The van der Waals surface area contributed by atoms with Gasteiger partial charge < -0.3 is 20.5 Å². The Morgan fingerprint density at radius 1 is 1.12 bits per heavy atom. The second-order valence-corrected chi connectivity index (χ2v) is 4.81. The van der Waals surface area contributed by atoms with Gasteiger partial charge >= 0.3 is 0 Å². The van der Waals surface area contributed by atoms with Gasteiger partial charge in [-0.2, -0.15) is 0 Å². The lowest BCUT2D eigenvalue weighted by Crippen LogP contribution is -2.33. The lowest BCUT2D eigenvalue weighted by Gasteiger charge is -2.10. The summed E-state index contributed by atoms with van der Waals surface area (Å²) < 4.78 is 44.2. The van der Waals surface area contributed by atoms with Crippen LogP contribution in [0.15, 0.2) is 30.3 Å². The fourth-order valence-electron chi connectivity index (χ4n) is 1.94. The van der Waals surface area contributed by atoms with E-state index in [1.165, 1.54) is 25.3 Å². The first-order valence-corrected chi connectivity index (χ1v) is 6.92. The van der Waals surface area contributed by atoms with Crippen molar-refractivity contribution >= 4 is 17.5 Å². The Kier molecular flexibility index (Phi) is 5.48. The van der Waals surface area contributed by atoms with E-state index in [-0.39, 0.29) is 11.3 Å². The highest BCUT2D eigenvalue weighted by Gasteiger charge is 2.17. The van der Waals surface area contributed by atoms with E-state index in [9.17, 15) is 27.9 Å². The normalized spacial score (nSPS) is 10.2. The van der Waals surface area contributed by atoms with Crippen LogP contribution in [0.25, 0.3) is 0 Å². The zero-order valence-corrected chi connectivity index (χ0v) is 12.9. The van der Waals surface area contributed by atoms with Crippen LogP contribution in [0.3, 0.4) is 0 Å². The van der Waals surface area contributed by atoms with Crippen molar-refractivity contribution in [1.29, 1.82) is 0 Å². The predicted molar refractivity (Wildman–Crippen MR) is 81.9 cm³/mol. The van der Waals surface area contributed by atoms with Crippen LogP contribution in [0, 0.1) is 17.5 Å². The third-order valence-electron chi connectivity index (χ3n) is 3.18. The smallest absolute Gasteiger partial charge is 0.255 e. The Morgan fingerprint density at radius 3 is 2.52 bits per heavy atom. The highest BCUT2D eigenvalue weighted by molar-refractivity contribution is 6.01. The largest absolute Gasteiger partial charge is 0.504 e. The third-order valence-corrected chi connectivity index (χ3v) is 3.18. The number of rotatable bonds is 5. The zero-order chi connectivity index (χ0) is 18.6. The summed E-state index contributed by atoms with van der Waals surface area (Å²) in [6.45, 7) is -0.589. The fraction of sp³-hybridized carbons (Fsp3) is 0.125.